The van der Waals surface area contributed by atoms with E-state index in [1.165, 1.54) is 0 Å². The molecule has 1 saturated heterocycles. The van der Waals surface area contributed by atoms with Crippen LogP contribution in [0.15, 0.2) is 30.3 Å². The molecule has 1 aromatic rings. The highest BCUT2D eigenvalue weighted by Gasteiger charge is 2.25. The maximum atomic E-state index is 12.1. The highest BCUT2D eigenvalue weighted by atomic mass is 32.2. The lowest BCUT2D eigenvalue weighted by atomic mass is 10.0. The average Bonchev–Trinajstić information content (AvgIpc) is 2.52. The van der Waals surface area contributed by atoms with Crippen molar-refractivity contribution in [2.24, 2.45) is 0 Å². The first-order valence-corrected chi connectivity index (χ1v) is 9.62. The van der Waals surface area contributed by atoms with Crippen LogP contribution in [0.25, 0.3) is 0 Å². The lowest BCUT2D eigenvalue weighted by Crippen LogP contribution is -2.48. The van der Waals surface area contributed by atoms with Gasteiger partial charge < -0.3 is 5.32 Å². The highest BCUT2D eigenvalue weighted by molar-refractivity contribution is 7.88. The first kappa shape index (κ1) is 17.9. The van der Waals surface area contributed by atoms with E-state index in [2.05, 4.69) is 14.9 Å². The van der Waals surface area contributed by atoms with E-state index in [1.54, 1.807) is 12.1 Å². The molecule has 0 radical (unpaired) electrons. The Kier molecular flexibility index (Phi) is 6.56. The second-order valence-electron chi connectivity index (χ2n) is 5.92. The average molecular weight is 339 g/mol. The van der Waals surface area contributed by atoms with Crippen LogP contribution in [-0.2, 0) is 20.6 Å². The second-order valence-corrected chi connectivity index (χ2v) is 7.73. The molecule has 2 N–H and O–H groups in total. The third kappa shape index (κ3) is 5.93. The molecule has 1 fully saturated rings. The summed E-state index contributed by atoms with van der Waals surface area (Å²) in [5.41, 5.74) is 0.743. The fourth-order valence-corrected chi connectivity index (χ4v) is 3.91. The van der Waals surface area contributed by atoms with Crippen molar-refractivity contribution in [3.05, 3.63) is 35.9 Å². The van der Waals surface area contributed by atoms with Crippen LogP contribution in [0.4, 0.5) is 0 Å². The molecule has 1 heterocycles. The Hall–Kier alpha value is -1.44. The molecule has 2 rings (SSSR count). The summed E-state index contributed by atoms with van der Waals surface area (Å²) in [6.07, 6.45) is 3.05. The van der Waals surface area contributed by atoms with Crippen molar-refractivity contribution in [2.45, 2.75) is 31.1 Å². The minimum Gasteiger partial charge on any atom is -0.353 e. The molecule has 7 heteroatoms. The molecular formula is C16H25N3O3S. The molecule has 0 spiro atoms. The van der Waals surface area contributed by atoms with Crippen molar-refractivity contribution in [2.75, 3.05) is 26.7 Å². The highest BCUT2D eigenvalue weighted by Crippen LogP contribution is 2.14. The number of hydrogen-bond donors (Lipinski definition) is 2. The number of nitrogens with zero attached hydrogens (tertiary/aromatic N) is 1. The molecule has 6 nitrogen and oxygen atoms in total. The van der Waals surface area contributed by atoms with E-state index in [0.717, 1.165) is 31.4 Å². The number of carbonyl (C=O) groups excluding carboxylic acids is 1. The van der Waals surface area contributed by atoms with Gasteiger partial charge in [0.05, 0.1) is 11.8 Å². The van der Waals surface area contributed by atoms with Crippen molar-refractivity contribution in [3.8, 4) is 0 Å². The summed E-state index contributed by atoms with van der Waals surface area (Å²) in [5, 5.41) is 2.81. The molecule has 0 aliphatic carbocycles. The molecule has 0 saturated carbocycles. The van der Waals surface area contributed by atoms with Gasteiger partial charge in [-0.1, -0.05) is 36.8 Å². The Morgan fingerprint density at radius 3 is 2.65 bits per heavy atom. The number of carbonyl (C=O) groups is 1. The molecule has 23 heavy (non-hydrogen) atoms. The Bertz CT molecular complexity index is 604. The van der Waals surface area contributed by atoms with Gasteiger partial charge in [0.2, 0.25) is 15.9 Å². The van der Waals surface area contributed by atoms with Crippen LogP contribution in [0.3, 0.4) is 0 Å². The third-order valence-corrected chi connectivity index (χ3v) is 5.38. The number of amides is 1. The summed E-state index contributed by atoms with van der Waals surface area (Å²) in [5.74, 6) is -0.0675. The zero-order valence-corrected chi connectivity index (χ0v) is 14.3. The van der Waals surface area contributed by atoms with Crippen molar-refractivity contribution in [1.29, 1.82) is 0 Å². The molecule has 128 valence electrons. The van der Waals surface area contributed by atoms with Crippen molar-refractivity contribution >= 4 is 15.9 Å². The van der Waals surface area contributed by atoms with Crippen LogP contribution in [0.1, 0.15) is 24.8 Å². The minimum atomic E-state index is -3.38. The van der Waals surface area contributed by atoms with Crippen LogP contribution in [0, 0.1) is 0 Å². The number of nitrogens with one attached hydrogen (secondary N) is 2. The molecule has 0 bridgehead atoms. The van der Waals surface area contributed by atoms with E-state index in [9.17, 15) is 13.2 Å². The molecule has 1 atom stereocenters. The van der Waals surface area contributed by atoms with E-state index < -0.39 is 10.0 Å². The summed E-state index contributed by atoms with van der Waals surface area (Å²) in [6, 6.07) is 8.93. The van der Waals surface area contributed by atoms with Crippen LogP contribution < -0.4 is 10.0 Å². The summed E-state index contributed by atoms with van der Waals surface area (Å²) in [4.78, 5) is 14.1. The predicted octanol–water partition coefficient (Wildman–Crippen LogP) is 0.707. The number of hydrogen-bond acceptors (Lipinski definition) is 4. The van der Waals surface area contributed by atoms with Crippen LogP contribution in [0.2, 0.25) is 0 Å². The molecule has 1 amide bonds. The maximum Gasteiger partial charge on any atom is 0.237 e. The molecular weight excluding hydrogens is 314 g/mol. The monoisotopic (exact) mass is 339 g/mol. The topological polar surface area (TPSA) is 78.5 Å². The third-order valence-electron chi connectivity index (χ3n) is 4.02. The van der Waals surface area contributed by atoms with Gasteiger partial charge in [-0.2, -0.15) is 0 Å². The van der Waals surface area contributed by atoms with E-state index in [1.807, 2.05) is 25.2 Å². The SMILES string of the molecule is CN1CCCC[C@H]1C(=O)NCCNS(=O)(=O)Cc1ccccc1. The Balaban J connectivity index is 1.71. The lowest BCUT2D eigenvalue weighted by molar-refractivity contribution is -0.126. The minimum absolute atomic E-state index is 0.0190. The largest absolute Gasteiger partial charge is 0.353 e. The molecule has 1 aliphatic rings. The molecule has 1 aromatic carbocycles. The van der Waals surface area contributed by atoms with E-state index in [4.69, 9.17) is 0 Å². The van der Waals surface area contributed by atoms with Crippen molar-refractivity contribution in [1.82, 2.24) is 14.9 Å². The van der Waals surface area contributed by atoms with Gasteiger partial charge in [-0.25, -0.2) is 13.1 Å². The number of piperidine rings is 1. The van der Waals surface area contributed by atoms with E-state index in [-0.39, 0.29) is 24.2 Å². The number of sulfonamides is 1. The van der Waals surface area contributed by atoms with Gasteiger partial charge >= 0.3 is 0 Å². The standard InChI is InChI=1S/C16H25N3O3S/c1-19-12-6-5-9-15(19)16(20)17-10-11-18-23(21,22)13-14-7-3-2-4-8-14/h2-4,7-8,15,18H,5-6,9-13H2,1H3,(H,17,20)/t15-/m0/s1. The lowest BCUT2D eigenvalue weighted by Gasteiger charge is -2.31. The van der Waals surface area contributed by atoms with Gasteiger partial charge in [0.1, 0.15) is 0 Å². The summed E-state index contributed by atoms with van der Waals surface area (Å²) in [7, 11) is -1.43. The van der Waals surface area contributed by atoms with Gasteiger partial charge in [-0.15, -0.1) is 0 Å². The Morgan fingerprint density at radius 1 is 1.22 bits per heavy atom. The van der Waals surface area contributed by atoms with Gasteiger partial charge in [-0.3, -0.25) is 9.69 Å². The maximum absolute atomic E-state index is 12.1. The van der Waals surface area contributed by atoms with E-state index in [0.29, 0.717) is 6.54 Å². The Morgan fingerprint density at radius 2 is 1.96 bits per heavy atom. The number of benzene rings is 1. The predicted molar refractivity (Wildman–Crippen MR) is 90.3 cm³/mol. The quantitative estimate of drug-likeness (QED) is 0.717. The molecule has 0 aromatic heterocycles. The summed E-state index contributed by atoms with van der Waals surface area (Å²) >= 11 is 0. The zero-order valence-electron chi connectivity index (χ0n) is 13.5. The smallest absolute Gasteiger partial charge is 0.237 e. The van der Waals surface area contributed by atoms with Crippen LogP contribution >= 0.6 is 0 Å². The first-order valence-electron chi connectivity index (χ1n) is 7.97. The van der Waals surface area contributed by atoms with Gasteiger partial charge in [0.25, 0.3) is 0 Å². The van der Waals surface area contributed by atoms with E-state index >= 15 is 0 Å². The van der Waals surface area contributed by atoms with Crippen molar-refractivity contribution < 1.29 is 13.2 Å². The fraction of sp³-hybridized carbons (Fsp3) is 0.562. The second kappa shape index (κ2) is 8.42. The molecule has 0 unspecified atom stereocenters. The van der Waals surface area contributed by atoms with Gasteiger partial charge in [0, 0.05) is 13.1 Å². The first-order chi connectivity index (χ1) is 11.0. The fourth-order valence-electron chi connectivity index (χ4n) is 2.76. The van der Waals surface area contributed by atoms with Crippen molar-refractivity contribution in [3.63, 3.8) is 0 Å². The number of rotatable bonds is 7. The molecule has 1 aliphatic heterocycles. The van der Waals surface area contributed by atoms with Gasteiger partial charge in [-0.05, 0) is 32.0 Å². The normalized spacial score (nSPS) is 19.4. The summed E-state index contributed by atoms with van der Waals surface area (Å²) < 4.78 is 26.5. The summed E-state index contributed by atoms with van der Waals surface area (Å²) in [6.45, 7) is 1.44. The zero-order chi connectivity index (χ0) is 16.7. The number of likely N-dealkylation sites (tertiary alicyclic amines) is 1. The number of likely N-dealkylation sites (N-methyl/N-ethyl adjacent to an activating group) is 1. The van der Waals surface area contributed by atoms with Crippen LogP contribution in [0.5, 0.6) is 0 Å². The van der Waals surface area contributed by atoms with Crippen LogP contribution in [-0.4, -0.2) is 51.9 Å². The van der Waals surface area contributed by atoms with Gasteiger partial charge in [0.15, 0.2) is 0 Å². The Labute approximate surface area is 138 Å².